The molecule has 5 heteroatoms. The highest BCUT2D eigenvalue weighted by atomic mass is 79.9. The van der Waals surface area contributed by atoms with Crippen LogP contribution in [0.4, 0.5) is 0 Å². The molecule has 1 unspecified atom stereocenters. The molecule has 1 atom stereocenters. The summed E-state index contributed by atoms with van der Waals surface area (Å²) in [7, 11) is 3.09. The van der Waals surface area contributed by atoms with E-state index in [1.165, 1.54) is 12.2 Å². The number of halogens is 1. The molecule has 0 aromatic heterocycles. The summed E-state index contributed by atoms with van der Waals surface area (Å²) in [5.74, 6) is -0.199. The van der Waals surface area contributed by atoms with Crippen LogP contribution in [0, 0.1) is 5.92 Å². The lowest BCUT2D eigenvalue weighted by Gasteiger charge is -2.20. The van der Waals surface area contributed by atoms with Crippen molar-refractivity contribution < 1.29 is 9.63 Å². The molecule has 0 spiro atoms. The van der Waals surface area contributed by atoms with Crippen LogP contribution in [0.1, 0.15) is 12.8 Å². The summed E-state index contributed by atoms with van der Waals surface area (Å²) in [6, 6.07) is 0. The Labute approximate surface area is 110 Å². The van der Waals surface area contributed by atoms with E-state index in [0.29, 0.717) is 6.54 Å². The zero-order valence-electron chi connectivity index (χ0n) is 10.1. The van der Waals surface area contributed by atoms with Gasteiger partial charge in [-0.3, -0.25) is 14.6 Å². The first kappa shape index (κ1) is 14.1. The monoisotopic (exact) mass is 300 g/mol. The van der Waals surface area contributed by atoms with Crippen LogP contribution in [0.2, 0.25) is 0 Å². The fraction of sp³-hybridized carbons (Fsp3) is 0.500. The Bertz CT molecular complexity index is 364. The molecule has 4 nitrogen and oxygen atoms in total. The van der Waals surface area contributed by atoms with E-state index in [1.807, 2.05) is 6.08 Å². The van der Waals surface area contributed by atoms with Crippen LogP contribution in [0.25, 0.3) is 0 Å². The molecule has 0 radical (unpaired) electrons. The van der Waals surface area contributed by atoms with Gasteiger partial charge in [-0.2, -0.15) is 0 Å². The molecule has 0 bridgehead atoms. The van der Waals surface area contributed by atoms with Gasteiger partial charge in [-0.1, -0.05) is 12.2 Å². The van der Waals surface area contributed by atoms with Gasteiger partial charge in [-0.05, 0) is 34.8 Å². The number of aliphatic imine (C=N–C) groups is 1. The molecule has 0 aromatic carbocycles. The summed E-state index contributed by atoms with van der Waals surface area (Å²) in [5, 5.41) is 1.25. The normalized spacial score (nSPS) is 24.3. The maximum Gasteiger partial charge on any atom is 0.250 e. The van der Waals surface area contributed by atoms with Crippen molar-refractivity contribution in [2.75, 3.05) is 20.7 Å². The average Bonchev–Trinajstić information content (AvgIpc) is 2.38. The van der Waals surface area contributed by atoms with Crippen LogP contribution in [-0.2, 0) is 9.63 Å². The molecular weight excluding hydrogens is 284 g/mol. The van der Waals surface area contributed by atoms with Crippen LogP contribution in [0.15, 0.2) is 27.7 Å². The molecule has 0 saturated carbocycles. The summed E-state index contributed by atoms with van der Waals surface area (Å²) in [6.45, 7) is 4.42. The SMILES string of the molecule is C=C1/C=C(/Br)C=NCC(C(=O)N(C)OC)CC1. The van der Waals surface area contributed by atoms with Gasteiger partial charge in [0.05, 0.1) is 19.6 Å². The van der Waals surface area contributed by atoms with Gasteiger partial charge in [0, 0.05) is 17.7 Å². The Kier molecular flexibility index (Phi) is 5.58. The van der Waals surface area contributed by atoms with Crippen molar-refractivity contribution in [2.45, 2.75) is 12.8 Å². The number of hydrogen-bond acceptors (Lipinski definition) is 3. The maximum atomic E-state index is 12.0. The number of nitrogens with zero attached hydrogens (tertiary/aromatic N) is 2. The van der Waals surface area contributed by atoms with E-state index in [1.54, 1.807) is 13.3 Å². The number of carbonyl (C=O) groups is 1. The van der Waals surface area contributed by atoms with Crippen LogP contribution >= 0.6 is 15.9 Å². The van der Waals surface area contributed by atoms with Crippen molar-refractivity contribution in [3.05, 3.63) is 22.7 Å². The van der Waals surface area contributed by atoms with E-state index in [-0.39, 0.29) is 11.8 Å². The molecule has 0 aliphatic carbocycles. The Hall–Kier alpha value is -0.940. The molecule has 0 saturated heterocycles. The molecule has 1 heterocycles. The van der Waals surface area contributed by atoms with Crippen LogP contribution in [0.5, 0.6) is 0 Å². The van der Waals surface area contributed by atoms with Gasteiger partial charge in [0.25, 0.3) is 5.91 Å². The van der Waals surface area contributed by atoms with Gasteiger partial charge in [0.15, 0.2) is 0 Å². The first-order valence-corrected chi connectivity index (χ1v) is 6.20. The van der Waals surface area contributed by atoms with Crippen molar-refractivity contribution in [1.29, 1.82) is 0 Å². The maximum absolute atomic E-state index is 12.0. The zero-order chi connectivity index (χ0) is 12.8. The predicted molar refractivity (Wildman–Crippen MR) is 72.0 cm³/mol. The van der Waals surface area contributed by atoms with E-state index in [0.717, 1.165) is 22.9 Å². The first-order chi connectivity index (χ1) is 8.04. The number of carbonyl (C=O) groups excluding carboxylic acids is 1. The number of rotatable bonds is 2. The van der Waals surface area contributed by atoms with Crippen molar-refractivity contribution in [3.8, 4) is 0 Å². The predicted octanol–water partition coefficient (Wildman–Crippen LogP) is 2.32. The standard InChI is InChI=1S/C12H17BrN2O2/c1-9-4-5-10(12(16)15(2)17-3)7-14-8-11(13)6-9/h6,8,10H,1,4-5,7H2,2-3H3/b11-6+,14-8?. The van der Waals surface area contributed by atoms with Crippen molar-refractivity contribution in [3.63, 3.8) is 0 Å². The van der Waals surface area contributed by atoms with E-state index in [2.05, 4.69) is 27.5 Å². The summed E-state index contributed by atoms with van der Waals surface area (Å²) >= 11 is 3.38. The first-order valence-electron chi connectivity index (χ1n) is 5.41. The van der Waals surface area contributed by atoms with Crippen molar-refractivity contribution >= 4 is 28.1 Å². The van der Waals surface area contributed by atoms with Gasteiger partial charge in [-0.25, -0.2) is 5.06 Å². The van der Waals surface area contributed by atoms with Crippen LogP contribution in [-0.4, -0.2) is 37.9 Å². The second-order valence-electron chi connectivity index (χ2n) is 3.94. The second-order valence-corrected chi connectivity index (χ2v) is 4.85. The Morgan fingerprint density at radius 1 is 1.71 bits per heavy atom. The molecule has 17 heavy (non-hydrogen) atoms. The highest BCUT2D eigenvalue weighted by Gasteiger charge is 2.22. The smallest absolute Gasteiger partial charge is 0.250 e. The molecule has 94 valence electrons. The van der Waals surface area contributed by atoms with Gasteiger partial charge in [0.2, 0.25) is 0 Å². The average molecular weight is 301 g/mol. The molecule has 1 amide bonds. The minimum Gasteiger partial charge on any atom is -0.291 e. The van der Waals surface area contributed by atoms with Gasteiger partial charge in [0.1, 0.15) is 0 Å². The lowest BCUT2D eigenvalue weighted by atomic mass is 9.99. The highest BCUT2D eigenvalue weighted by Crippen LogP contribution is 2.19. The lowest BCUT2D eigenvalue weighted by Crippen LogP contribution is -2.33. The highest BCUT2D eigenvalue weighted by molar-refractivity contribution is 9.12. The zero-order valence-corrected chi connectivity index (χ0v) is 11.7. The topological polar surface area (TPSA) is 41.9 Å². The van der Waals surface area contributed by atoms with Gasteiger partial charge < -0.3 is 0 Å². The number of amides is 1. The summed E-state index contributed by atoms with van der Waals surface area (Å²) < 4.78 is 0.885. The van der Waals surface area contributed by atoms with E-state index in [4.69, 9.17) is 4.84 Å². The lowest BCUT2D eigenvalue weighted by molar-refractivity contribution is -0.173. The Balaban J connectivity index is 2.74. The Morgan fingerprint density at radius 2 is 2.41 bits per heavy atom. The third kappa shape index (κ3) is 4.44. The number of hydroxylamine groups is 2. The van der Waals surface area contributed by atoms with Gasteiger partial charge in [-0.15, -0.1) is 0 Å². The third-order valence-electron chi connectivity index (χ3n) is 2.63. The quantitative estimate of drug-likeness (QED) is 0.735. The fourth-order valence-corrected chi connectivity index (χ4v) is 2.04. The van der Waals surface area contributed by atoms with E-state index >= 15 is 0 Å². The molecule has 1 aliphatic rings. The summed E-state index contributed by atoms with van der Waals surface area (Å²) in [6.07, 6.45) is 5.16. The summed E-state index contributed by atoms with van der Waals surface area (Å²) in [4.78, 5) is 21.1. The van der Waals surface area contributed by atoms with Crippen molar-refractivity contribution in [2.24, 2.45) is 10.9 Å². The molecule has 1 aliphatic heterocycles. The minimum atomic E-state index is -0.153. The number of allylic oxidation sites excluding steroid dienone is 3. The largest absolute Gasteiger partial charge is 0.291 e. The molecular formula is C12H17BrN2O2. The van der Waals surface area contributed by atoms with Gasteiger partial charge >= 0.3 is 0 Å². The molecule has 0 aromatic rings. The third-order valence-corrected chi connectivity index (χ3v) is 3.06. The summed E-state index contributed by atoms with van der Waals surface area (Å²) in [5.41, 5.74) is 0.989. The second kappa shape index (κ2) is 6.71. The fourth-order valence-electron chi connectivity index (χ4n) is 1.57. The Morgan fingerprint density at radius 3 is 3.06 bits per heavy atom. The van der Waals surface area contributed by atoms with Crippen LogP contribution in [0.3, 0.4) is 0 Å². The van der Waals surface area contributed by atoms with Crippen LogP contribution < -0.4 is 0 Å². The minimum absolute atomic E-state index is 0.0459. The molecule has 0 N–H and O–H groups in total. The molecule has 0 fully saturated rings. The van der Waals surface area contributed by atoms with Crippen molar-refractivity contribution in [1.82, 2.24) is 5.06 Å². The van der Waals surface area contributed by atoms with E-state index in [9.17, 15) is 4.79 Å². The van der Waals surface area contributed by atoms with E-state index < -0.39 is 0 Å². The number of hydrogen-bond donors (Lipinski definition) is 0. The molecule has 1 rings (SSSR count).